The minimum absolute atomic E-state index is 0.314. The highest BCUT2D eigenvalue weighted by Crippen LogP contribution is 2.33. The largest absolute Gasteiger partial charge is 0.367 e. The quantitative estimate of drug-likeness (QED) is 0.292. The van der Waals surface area contributed by atoms with Gasteiger partial charge in [-0.1, -0.05) is 42.1 Å². The Kier molecular flexibility index (Phi) is 7.92. The van der Waals surface area contributed by atoms with Crippen LogP contribution < -0.4 is 21.7 Å². The molecule has 10 heteroatoms. The zero-order chi connectivity index (χ0) is 24.2. The van der Waals surface area contributed by atoms with Gasteiger partial charge in [0, 0.05) is 37.8 Å². The molecule has 2 heterocycles. The number of anilines is 2. The van der Waals surface area contributed by atoms with Crippen molar-refractivity contribution >= 4 is 46.1 Å². The molecule has 188 valence electrons. The summed E-state index contributed by atoms with van der Waals surface area (Å²) in [6, 6.07) is 6.84. The first kappa shape index (κ1) is 24.6. The zero-order valence-electron chi connectivity index (χ0n) is 19.9. The highest BCUT2D eigenvalue weighted by molar-refractivity contribution is 6.42. The lowest BCUT2D eigenvalue weighted by Crippen LogP contribution is -2.33. The molecule has 5 N–H and O–H groups in total. The van der Waals surface area contributed by atoms with Gasteiger partial charge in [-0.05, 0) is 56.2 Å². The van der Waals surface area contributed by atoms with Crippen LogP contribution in [0.3, 0.4) is 0 Å². The standard InChI is InChI=1S/C25H34Cl2N8/c26-20-10-5-16(13-21(20)27)14-29-11-12-30-23-22-24(35(15-31-22)19-3-1-2-4-19)34-25(33-23)32-18-8-6-17(28)7-9-18/h5,10,13,15,17-19,29H,1-4,6-9,11-12,14,28H2,(H2,30,32,33,34). The van der Waals surface area contributed by atoms with E-state index in [1.807, 2.05) is 24.5 Å². The molecule has 8 nitrogen and oxygen atoms in total. The molecule has 0 aliphatic heterocycles. The fourth-order valence-electron chi connectivity index (χ4n) is 5.15. The predicted molar refractivity (Wildman–Crippen MR) is 143 cm³/mol. The van der Waals surface area contributed by atoms with E-state index in [0.29, 0.717) is 47.2 Å². The van der Waals surface area contributed by atoms with Crippen molar-refractivity contribution in [3.63, 3.8) is 0 Å². The van der Waals surface area contributed by atoms with E-state index in [2.05, 4.69) is 20.5 Å². The van der Waals surface area contributed by atoms with E-state index in [4.69, 9.17) is 43.9 Å². The number of aromatic nitrogens is 4. The highest BCUT2D eigenvalue weighted by Gasteiger charge is 2.23. The minimum Gasteiger partial charge on any atom is -0.367 e. The molecule has 0 saturated heterocycles. The number of rotatable bonds is 9. The molecule has 1 aromatic carbocycles. The molecule has 2 fully saturated rings. The summed E-state index contributed by atoms with van der Waals surface area (Å²) >= 11 is 12.1. The van der Waals surface area contributed by atoms with E-state index in [9.17, 15) is 0 Å². The number of halogens is 2. The number of nitrogens with one attached hydrogen (secondary N) is 3. The third-order valence-corrected chi connectivity index (χ3v) is 7.89. The first-order chi connectivity index (χ1) is 17.1. The van der Waals surface area contributed by atoms with Crippen LogP contribution in [0.25, 0.3) is 11.2 Å². The van der Waals surface area contributed by atoms with Gasteiger partial charge >= 0.3 is 0 Å². The van der Waals surface area contributed by atoms with Gasteiger partial charge in [-0.3, -0.25) is 0 Å². The SMILES string of the molecule is NC1CCC(Nc2nc(NCCNCc3ccc(Cl)c(Cl)c3)c3ncn(C4CCCC4)c3n2)CC1. The van der Waals surface area contributed by atoms with Crippen LogP contribution in [0.4, 0.5) is 11.8 Å². The van der Waals surface area contributed by atoms with Crippen LogP contribution in [-0.4, -0.2) is 44.7 Å². The molecule has 2 aromatic heterocycles. The molecule has 0 amide bonds. The summed E-state index contributed by atoms with van der Waals surface area (Å²) in [5.41, 5.74) is 8.93. The molecular weight excluding hydrogens is 483 g/mol. The predicted octanol–water partition coefficient (Wildman–Crippen LogP) is 5.13. The van der Waals surface area contributed by atoms with Crippen molar-refractivity contribution in [1.29, 1.82) is 0 Å². The van der Waals surface area contributed by atoms with Crippen molar-refractivity contribution < 1.29 is 0 Å². The minimum atomic E-state index is 0.314. The Bertz CT molecular complexity index is 1140. The van der Waals surface area contributed by atoms with Gasteiger partial charge in [0.05, 0.1) is 16.4 Å². The summed E-state index contributed by atoms with van der Waals surface area (Å²) in [5, 5.41) is 11.6. The second-order valence-electron chi connectivity index (χ2n) is 9.77. The van der Waals surface area contributed by atoms with Crippen molar-refractivity contribution in [3.05, 3.63) is 40.1 Å². The number of hydrogen-bond donors (Lipinski definition) is 4. The molecule has 2 aliphatic rings. The van der Waals surface area contributed by atoms with Gasteiger partial charge < -0.3 is 26.3 Å². The first-order valence-corrected chi connectivity index (χ1v) is 13.5. The summed E-state index contributed by atoms with van der Waals surface area (Å²) in [4.78, 5) is 14.5. The van der Waals surface area contributed by atoms with Gasteiger partial charge in [-0.2, -0.15) is 9.97 Å². The number of benzene rings is 1. The average molecular weight is 518 g/mol. The van der Waals surface area contributed by atoms with Crippen molar-refractivity contribution in [2.45, 2.75) is 76.0 Å². The summed E-state index contributed by atoms with van der Waals surface area (Å²) in [5.74, 6) is 1.45. The summed E-state index contributed by atoms with van der Waals surface area (Å²) in [7, 11) is 0. The van der Waals surface area contributed by atoms with Gasteiger partial charge in [0.25, 0.3) is 0 Å². The maximum absolute atomic E-state index is 6.12. The summed E-state index contributed by atoms with van der Waals surface area (Å²) in [6.07, 6.45) is 11.0. The molecule has 5 rings (SSSR count). The maximum atomic E-state index is 6.12. The molecule has 2 saturated carbocycles. The van der Waals surface area contributed by atoms with E-state index < -0.39 is 0 Å². The Morgan fingerprint density at radius 2 is 1.77 bits per heavy atom. The molecule has 0 bridgehead atoms. The van der Waals surface area contributed by atoms with Crippen LogP contribution in [0.2, 0.25) is 10.0 Å². The van der Waals surface area contributed by atoms with Crippen LogP contribution in [0.15, 0.2) is 24.5 Å². The van der Waals surface area contributed by atoms with Crippen molar-refractivity contribution in [2.24, 2.45) is 5.73 Å². The fraction of sp³-hybridized carbons (Fsp3) is 0.560. The van der Waals surface area contributed by atoms with E-state index in [1.54, 1.807) is 0 Å². The second-order valence-corrected chi connectivity index (χ2v) is 10.6. The summed E-state index contributed by atoms with van der Waals surface area (Å²) < 4.78 is 2.25. The Morgan fingerprint density at radius 1 is 0.971 bits per heavy atom. The Morgan fingerprint density at radius 3 is 2.54 bits per heavy atom. The lowest BCUT2D eigenvalue weighted by atomic mass is 9.92. The van der Waals surface area contributed by atoms with E-state index in [-0.39, 0.29) is 0 Å². The molecule has 2 aliphatic carbocycles. The van der Waals surface area contributed by atoms with E-state index in [0.717, 1.165) is 54.8 Å². The Hall–Kier alpha value is -2.13. The van der Waals surface area contributed by atoms with Crippen LogP contribution >= 0.6 is 23.2 Å². The fourth-order valence-corrected chi connectivity index (χ4v) is 5.47. The third-order valence-electron chi connectivity index (χ3n) is 7.15. The highest BCUT2D eigenvalue weighted by atomic mass is 35.5. The van der Waals surface area contributed by atoms with Crippen LogP contribution in [0.1, 0.15) is 63.0 Å². The molecule has 35 heavy (non-hydrogen) atoms. The van der Waals surface area contributed by atoms with Crippen LogP contribution in [-0.2, 0) is 6.54 Å². The van der Waals surface area contributed by atoms with E-state index in [1.165, 1.54) is 25.7 Å². The van der Waals surface area contributed by atoms with Gasteiger partial charge in [0.1, 0.15) is 0 Å². The molecule has 0 atom stereocenters. The Labute approximate surface area is 216 Å². The lowest BCUT2D eigenvalue weighted by Gasteiger charge is -2.27. The van der Waals surface area contributed by atoms with Gasteiger partial charge in [-0.25, -0.2) is 4.98 Å². The topological polar surface area (TPSA) is 106 Å². The van der Waals surface area contributed by atoms with Crippen LogP contribution in [0.5, 0.6) is 0 Å². The summed E-state index contributed by atoms with van der Waals surface area (Å²) in [6.45, 7) is 2.18. The van der Waals surface area contributed by atoms with Crippen LogP contribution in [0, 0.1) is 0 Å². The van der Waals surface area contributed by atoms with Gasteiger partial charge in [-0.15, -0.1) is 0 Å². The third kappa shape index (κ3) is 6.00. The normalized spacial score (nSPS) is 21.0. The molecular formula is C25H34Cl2N8. The molecule has 0 spiro atoms. The molecule has 3 aromatic rings. The smallest absolute Gasteiger partial charge is 0.227 e. The number of hydrogen-bond acceptors (Lipinski definition) is 7. The average Bonchev–Trinajstić information content (AvgIpc) is 3.52. The van der Waals surface area contributed by atoms with E-state index >= 15 is 0 Å². The molecule has 0 radical (unpaired) electrons. The maximum Gasteiger partial charge on any atom is 0.227 e. The lowest BCUT2D eigenvalue weighted by molar-refractivity contribution is 0.410. The second kappa shape index (κ2) is 11.3. The number of imidazole rings is 1. The van der Waals surface area contributed by atoms with Gasteiger partial charge in [0.15, 0.2) is 17.0 Å². The number of fused-ring (bicyclic) bond motifs is 1. The molecule has 0 unspecified atom stereocenters. The van der Waals surface area contributed by atoms with Gasteiger partial charge in [0.2, 0.25) is 5.95 Å². The zero-order valence-corrected chi connectivity index (χ0v) is 21.5. The number of nitrogens with zero attached hydrogens (tertiary/aromatic N) is 4. The number of nitrogens with two attached hydrogens (primary N) is 1. The van der Waals surface area contributed by atoms with Crippen molar-refractivity contribution in [2.75, 3.05) is 23.7 Å². The first-order valence-electron chi connectivity index (χ1n) is 12.7. The monoisotopic (exact) mass is 516 g/mol. The van der Waals surface area contributed by atoms with Crippen molar-refractivity contribution in [3.8, 4) is 0 Å². The Balaban J connectivity index is 1.27. The van der Waals surface area contributed by atoms with Crippen molar-refractivity contribution in [1.82, 2.24) is 24.8 Å².